The van der Waals surface area contributed by atoms with Gasteiger partial charge in [-0.05, 0) is 38.5 Å². The van der Waals surface area contributed by atoms with Crippen LogP contribution in [0.1, 0.15) is 26.3 Å². The zero-order valence-electron chi connectivity index (χ0n) is 11.4. The van der Waals surface area contributed by atoms with Gasteiger partial charge in [0.1, 0.15) is 0 Å². The van der Waals surface area contributed by atoms with Gasteiger partial charge in [0.05, 0.1) is 17.0 Å². The summed E-state index contributed by atoms with van der Waals surface area (Å²) >= 11 is 0. The first kappa shape index (κ1) is 15.7. The standard InChI is InChI=1S/C13H20N2O3S/c1-9(2)19(17,18)8-11-5-4-6-12(7-11)15-13(16)10(3)14/h4-7,9-10H,8,14H2,1-3H3,(H,15,16)/t10-/m1/s1. The quantitative estimate of drug-likeness (QED) is 0.852. The molecule has 0 heterocycles. The monoisotopic (exact) mass is 284 g/mol. The molecule has 1 aromatic carbocycles. The van der Waals surface area contributed by atoms with E-state index < -0.39 is 21.1 Å². The van der Waals surface area contributed by atoms with Gasteiger partial charge in [0.2, 0.25) is 5.91 Å². The molecule has 0 bridgehead atoms. The van der Waals surface area contributed by atoms with E-state index in [1.807, 2.05) is 0 Å². The van der Waals surface area contributed by atoms with Gasteiger partial charge in [-0.1, -0.05) is 12.1 Å². The Hall–Kier alpha value is -1.40. The van der Waals surface area contributed by atoms with Crippen molar-refractivity contribution in [3.8, 4) is 0 Å². The molecule has 1 atom stereocenters. The van der Waals surface area contributed by atoms with Gasteiger partial charge in [-0.15, -0.1) is 0 Å². The van der Waals surface area contributed by atoms with Crippen LogP contribution in [0.3, 0.4) is 0 Å². The number of hydrogen-bond acceptors (Lipinski definition) is 4. The van der Waals surface area contributed by atoms with Crippen LogP contribution >= 0.6 is 0 Å². The van der Waals surface area contributed by atoms with Crippen molar-refractivity contribution >= 4 is 21.4 Å². The molecule has 0 aromatic heterocycles. The van der Waals surface area contributed by atoms with Crippen molar-refractivity contribution in [2.24, 2.45) is 5.73 Å². The van der Waals surface area contributed by atoms with Crippen LogP contribution in [-0.4, -0.2) is 25.6 Å². The van der Waals surface area contributed by atoms with Gasteiger partial charge in [-0.25, -0.2) is 8.42 Å². The first-order valence-electron chi connectivity index (χ1n) is 6.09. The molecule has 0 fully saturated rings. The highest BCUT2D eigenvalue weighted by Crippen LogP contribution is 2.15. The molecule has 0 radical (unpaired) electrons. The summed E-state index contributed by atoms with van der Waals surface area (Å²) < 4.78 is 23.7. The van der Waals surface area contributed by atoms with Crippen molar-refractivity contribution in [3.05, 3.63) is 29.8 Å². The summed E-state index contributed by atoms with van der Waals surface area (Å²) in [6.07, 6.45) is 0. The second-order valence-electron chi connectivity index (χ2n) is 4.83. The van der Waals surface area contributed by atoms with Gasteiger partial charge >= 0.3 is 0 Å². The highest BCUT2D eigenvalue weighted by atomic mass is 32.2. The molecule has 1 aromatic rings. The number of carbonyl (C=O) groups is 1. The Morgan fingerprint density at radius 2 is 1.95 bits per heavy atom. The minimum Gasteiger partial charge on any atom is -0.325 e. The molecule has 3 N–H and O–H groups in total. The van der Waals surface area contributed by atoms with Gasteiger partial charge in [-0.3, -0.25) is 4.79 Å². The molecule has 0 aliphatic carbocycles. The van der Waals surface area contributed by atoms with Gasteiger partial charge in [0, 0.05) is 5.69 Å². The van der Waals surface area contributed by atoms with E-state index in [1.165, 1.54) is 0 Å². The second kappa shape index (κ2) is 6.16. The van der Waals surface area contributed by atoms with E-state index >= 15 is 0 Å². The zero-order chi connectivity index (χ0) is 14.6. The van der Waals surface area contributed by atoms with Crippen molar-refractivity contribution in [2.45, 2.75) is 37.8 Å². The van der Waals surface area contributed by atoms with Gasteiger partial charge in [-0.2, -0.15) is 0 Å². The van der Waals surface area contributed by atoms with E-state index in [9.17, 15) is 13.2 Å². The van der Waals surface area contributed by atoms with Gasteiger partial charge < -0.3 is 11.1 Å². The maximum absolute atomic E-state index is 11.8. The van der Waals surface area contributed by atoms with Crippen molar-refractivity contribution in [3.63, 3.8) is 0 Å². The molecule has 19 heavy (non-hydrogen) atoms. The van der Waals surface area contributed by atoms with E-state index in [0.717, 1.165) is 0 Å². The molecular formula is C13H20N2O3S. The Labute approximate surface area is 114 Å². The molecule has 0 spiro atoms. The van der Waals surface area contributed by atoms with Crippen LogP contribution in [0.4, 0.5) is 5.69 Å². The fourth-order valence-electron chi connectivity index (χ4n) is 1.39. The summed E-state index contributed by atoms with van der Waals surface area (Å²) in [5, 5.41) is 2.22. The Bertz CT molecular complexity index is 551. The average Bonchev–Trinajstić information content (AvgIpc) is 2.28. The highest BCUT2D eigenvalue weighted by Gasteiger charge is 2.17. The van der Waals surface area contributed by atoms with Crippen LogP contribution in [0.25, 0.3) is 0 Å². The minimum atomic E-state index is -3.15. The van der Waals surface area contributed by atoms with Crippen molar-refractivity contribution in [1.82, 2.24) is 0 Å². The molecule has 0 unspecified atom stereocenters. The van der Waals surface area contributed by atoms with Crippen LogP contribution in [0, 0.1) is 0 Å². The van der Waals surface area contributed by atoms with Gasteiger partial charge in [0.15, 0.2) is 9.84 Å². The summed E-state index contributed by atoms with van der Waals surface area (Å²) in [4.78, 5) is 11.5. The predicted octanol–water partition coefficient (Wildman–Crippen LogP) is 1.30. The lowest BCUT2D eigenvalue weighted by atomic mass is 10.2. The Kier molecular flexibility index (Phi) is 5.08. The second-order valence-corrected chi connectivity index (χ2v) is 7.39. The first-order valence-corrected chi connectivity index (χ1v) is 7.81. The van der Waals surface area contributed by atoms with Gasteiger partial charge in [0.25, 0.3) is 0 Å². The number of hydrogen-bond donors (Lipinski definition) is 2. The lowest BCUT2D eigenvalue weighted by Gasteiger charge is -2.11. The third-order valence-corrected chi connectivity index (χ3v) is 4.87. The summed E-state index contributed by atoms with van der Waals surface area (Å²) in [6, 6.07) is 6.18. The molecule has 0 aliphatic rings. The smallest absolute Gasteiger partial charge is 0.240 e. The first-order chi connectivity index (χ1) is 8.72. The maximum atomic E-state index is 11.8. The van der Waals surface area contributed by atoms with E-state index in [1.54, 1.807) is 45.0 Å². The molecule has 0 aliphatic heterocycles. The third kappa shape index (κ3) is 4.65. The van der Waals surface area contributed by atoms with Crippen molar-refractivity contribution in [1.29, 1.82) is 0 Å². The lowest BCUT2D eigenvalue weighted by molar-refractivity contribution is -0.117. The molecule has 6 heteroatoms. The Morgan fingerprint density at radius 3 is 2.47 bits per heavy atom. The van der Waals surface area contributed by atoms with Crippen LogP contribution in [0.5, 0.6) is 0 Å². The molecule has 106 valence electrons. The van der Waals surface area contributed by atoms with Crippen LogP contribution in [-0.2, 0) is 20.4 Å². The van der Waals surface area contributed by atoms with Crippen molar-refractivity contribution < 1.29 is 13.2 Å². The molecule has 0 saturated carbocycles. The van der Waals surface area contributed by atoms with E-state index in [0.29, 0.717) is 11.3 Å². The van der Waals surface area contributed by atoms with E-state index in [-0.39, 0.29) is 11.7 Å². The number of nitrogens with two attached hydrogens (primary N) is 1. The molecule has 1 amide bonds. The number of sulfone groups is 1. The Morgan fingerprint density at radius 1 is 1.32 bits per heavy atom. The van der Waals surface area contributed by atoms with Crippen molar-refractivity contribution in [2.75, 3.05) is 5.32 Å². The third-order valence-electron chi connectivity index (χ3n) is 2.69. The molecular weight excluding hydrogens is 264 g/mol. The summed E-state index contributed by atoms with van der Waals surface area (Å²) in [5.74, 6) is -0.337. The fourth-order valence-corrected chi connectivity index (χ4v) is 2.37. The van der Waals surface area contributed by atoms with Crippen LogP contribution in [0.15, 0.2) is 24.3 Å². The maximum Gasteiger partial charge on any atom is 0.240 e. The van der Waals surface area contributed by atoms with Crippen LogP contribution in [0.2, 0.25) is 0 Å². The summed E-state index contributed by atoms with van der Waals surface area (Å²) in [6.45, 7) is 4.89. The molecule has 5 nitrogen and oxygen atoms in total. The number of carbonyl (C=O) groups excluding carboxylic acids is 1. The molecule has 0 saturated heterocycles. The highest BCUT2D eigenvalue weighted by molar-refractivity contribution is 7.91. The summed E-state index contributed by atoms with van der Waals surface area (Å²) in [5.41, 5.74) is 6.66. The average molecular weight is 284 g/mol. The number of rotatable bonds is 5. The topological polar surface area (TPSA) is 89.3 Å². The summed E-state index contributed by atoms with van der Waals surface area (Å²) in [7, 11) is -3.15. The largest absolute Gasteiger partial charge is 0.325 e. The fraction of sp³-hybridized carbons (Fsp3) is 0.462. The van der Waals surface area contributed by atoms with E-state index in [4.69, 9.17) is 5.73 Å². The Balaban J connectivity index is 2.87. The molecule has 1 rings (SSSR count). The zero-order valence-corrected chi connectivity index (χ0v) is 12.2. The lowest BCUT2D eigenvalue weighted by Crippen LogP contribution is -2.32. The minimum absolute atomic E-state index is 0.0352. The number of nitrogens with one attached hydrogen (secondary N) is 1. The number of benzene rings is 1. The predicted molar refractivity (Wildman–Crippen MR) is 76.5 cm³/mol. The van der Waals surface area contributed by atoms with E-state index in [2.05, 4.69) is 5.32 Å². The number of amides is 1. The van der Waals surface area contributed by atoms with Crippen LogP contribution < -0.4 is 11.1 Å². The SMILES string of the molecule is CC(C)S(=O)(=O)Cc1cccc(NC(=O)[C@@H](C)N)c1. The number of anilines is 1. The normalized spacial score (nSPS) is 13.3.